The van der Waals surface area contributed by atoms with Gasteiger partial charge in [0, 0.05) is 28.2 Å². The molecule has 0 saturated carbocycles. The molecule has 0 spiro atoms. The Morgan fingerprint density at radius 2 is 1.97 bits per heavy atom. The highest BCUT2D eigenvalue weighted by Crippen LogP contribution is 2.33. The van der Waals surface area contributed by atoms with Gasteiger partial charge in [0.05, 0.1) is 10.4 Å². The summed E-state index contributed by atoms with van der Waals surface area (Å²) in [5.41, 5.74) is 2.22. The zero-order valence-electron chi connectivity index (χ0n) is 15.6. The lowest BCUT2D eigenvalue weighted by Gasteiger charge is -2.11. The zero-order chi connectivity index (χ0) is 20.2. The fourth-order valence-corrected chi connectivity index (χ4v) is 3.73. The molecule has 0 aliphatic heterocycles. The van der Waals surface area contributed by atoms with Crippen molar-refractivity contribution in [2.75, 3.05) is 17.2 Å². The quantitative estimate of drug-likeness (QED) is 0.338. The second kappa shape index (κ2) is 8.19. The number of nitrogens with one attached hydrogen (secondary N) is 2. The van der Waals surface area contributed by atoms with Gasteiger partial charge in [-0.3, -0.25) is 15.1 Å². The van der Waals surface area contributed by atoms with Gasteiger partial charge < -0.3 is 10.6 Å². The van der Waals surface area contributed by atoms with Crippen molar-refractivity contribution in [2.45, 2.75) is 13.3 Å². The van der Waals surface area contributed by atoms with E-state index >= 15 is 0 Å². The van der Waals surface area contributed by atoms with Gasteiger partial charge in [0.25, 0.3) is 0 Å². The van der Waals surface area contributed by atoms with E-state index in [-0.39, 0.29) is 17.3 Å². The molecule has 146 valence electrons. The summed E-state index contributed by atoms with van der Waals surface area (Å²) in [5.74, 6) is 0.329. The molecular formula is C20H18N6O2S. The number of hydrogen-bond acceptors (Lipinski definition) is 8. The molecule has 0 bridgehead atoms. The number of rotatable bonds is 7. The number of thiophene rings is 1. The van der Waals surface area contributed by atoms with Crippen LogP contribution < -0.4 is 10.6 Å². The first-order valence-electron chi connectivity index (χ1n) is 9.01. The number of fused-ring (bicyclic) bond motifs is 1. The third-order valence-corrected chi connectivity index (χ3v) is 5.31. The third kappa shape index (κ3) is 4.14. The van der Waals surface area contributed by atoms with Crippen molar-refractivity contribution >= 4 is 45.3 Å². The van der Waals surface area contributed by atoms with Crippen molar-refractivity contribution in [3.8, 4) is 0 Å². The number of pyridine rings is 1. The topological polar surface area (TPSA) is 106 Å². The third-order valence-electron chi connectivity index (χ3n) is 4.37. The minimum Gasteiger partial charge on any atom is -0.364 e. The molecule has 9 heteroatoms. The summed E-state index contributed by atoms with van der Waals surface area (Å²) in [5, 5.41) is 20.8. The average Bonchev–Trinajstić information content (AvgIpc) is 3.21. The summed E-state index contributed by atoms with van der Waals surface area (Å²) >= 11 is 1.65. The van der Waals surface area contributed by atoms with Crippen molar-refractivity contribution in [2.24, 2.45) is 0 Å². The largest absolute Gasteiger partial charge is 0.364 e. The Morgan fingerprint density at radius 3 is 2.76 bits per heavy atom. The molecule has 4 aromatic rings. The van der Waals surface area contributed by atoms with E-state index in [0.29, 0.717) is 12.2 Å². The molecule has 0 amide bonds. The molecule has 0 fully saturated rings. The predicted molar refractivity (Wildman–Crippen MR) is 115 cm³/mol. The lowest BCUT2D eigenvalue weighted by molar-refractivity contribution is -0.383. The summed E-state index contributed by atoms with van der Waals surface area (Å²) in [4.78, 5) is 25.2. The Balaban J connectivity index is 1.63. The monoisotopic (exact) mass is 406 g/mol. The van der Waals surface area contributed by atoms with Crippen molar-refractivity contribution in [3.05, 3.63) is 74.9 Å². The van der Waals surface area contributed by atoms with E-state index in [1.165, 1.54) is 11.2 Å². The van der Waals surface area contributed by atoms with Crippen LogP contribution in [0, 0.1) is 17.0 Å². The average molecular weight is 406 g/mol. The molecular weight excluding hydrogens is 388 g/mol. The van der Waals surface area contributed by atoms with E-state index in [9.17, 15) is 10.1 Å². The van der Waals surface area contributed by atoms with Gasteiger partial charge in [-0.1, -0.05) is 12.1 Å². The number of aromatic nitrogens is 3. The maximum absolute atomic E-state index is 11.8. The van der Waals surface area contributed by atoms with Crippen LogP contribution >= 0.6 is 11.3 Å². The van der Waals surface area contributed by atoms with E-state index < -0.39 is 4.92 Å². The lowest BCUT2D eigenvalue weighted by Crippen LogP contribution is -2.10. The van der Waals surface area contributed by atoms with Crippen LogP contribution in [-0.4, -0.2) is 26.4 Å². The van der Waals surface area contributed by atoms with E-state index in [2.05, 4.69) is 25.6 Å². The lowest BCUT2D eigenvalue weighted by atomic mass is 10.1. The molecule has 0 radical (unpaired) electrons. The minimum atomic E-state index is -0.469. The standard InChI is InChI=1S/C20H18N6O2S/c1-13-7-8-15-16(24-13)5-2-6-17(15)25-20-18(26(27)28)19(22-12-23-20)21-10-9-14-4-3-11-29-14/h2-8,11-12H,9-10H2,1H3,(H2,21,22,23,25). The van der Waals surface area contributed by atoms with E-state index in [1.807, 2.05) is 54.8 Å². The second-order valence-corrected chi connectivity index (χ2v) is 7.41. The summed E-state index contributed by atoms with van der Waals surface area (Å²) in [6.45, 7) is 2.46. The molecule has 0 aliphatic rings. The fraction of sp³-hybridized carbons (Fsp3) is 0.150. The molecule has 1 aromatic carbocycles. The summed E-state index contributed by atoms with van der Waals surface area (Å²) in [6, 6.07) is 13.4. The van der Waals surface area contributed by atoms with Crippen molar-refractivity contribution in [1.82, 2.24) is 15.0 Å². The summed E-state index contributed by atoms with van der Waals surface area (Å²) < 4.78 is 0. The van der Waals surface area contributed by atoms with Gasteiger partial charge in [0.2, 0.25) is 11.6 Å². The molecule has 3 heterocycles. The van der Waals surface area contributed by atoms with Gasteiger partial charge >= 0.3 is 5.69 Å². The van der Waals surface area contributed by atoms with Crippen LogP contribution in [0.2, 0.25) is 0 Å². The molecule has 0 unspecified atom stereocenters. The normalized spacial score (nSPS) is 10.8. The molecule has 8 nitrogen and oxygen atoms in total. The molecule has 3 aromatic heterocycles. The SMILES string of the molecule is Cc1ccc2c(Nc3ncnc(NCCc4cccs4)c3[N+](=O)[O-])cccc2n1. The van der Waals surface area contributed by atoms with Crippen molar-refractivity contribution < 1.29 is 4.92 Å². The first-order chi connectivity index (χ1) is 14.1. The minimum absolute atomic E-state index is 0.136. The number of nitrogens with zero attached hydrogens (tertiary/aromatic N) is 4. The first-order valence-corrected chi connectivity index (χ1v) is 9.89. The molecule has 0 atom stereocenters. The molecule has 2 N–H and O–H groups in total. The van der Waals surface area contributed by atoms with Crippen LogP contribution in [0.15, 0.2) is 54.2 Å². The summed E-state index contributed by atoms with van der Waals surface area (Å²) in [7, 11) is 0. The molecule has 4 rings (SSSR count). The van der Waals surface area contributed by atoms with Crippen LogP contribution in [0.1, 0.15) is 10.6 Å². The fourth-order valence-electron chi connectivity index (χ4n) is 3.02. The van der Waals surface area contributed by atoms with Gasteiger partial charge in [-0.05, 0) is 49.1 Å². The number of hydrogen-bond donors (Lipinski definition) is 2. The van der Waals surface area contributed by atoms with Crippen LogP contribution in [0.4, 0.5) is 23.0 Å². The number of anilines is 3. The molecule has 0 saturated heterocycles. The Bertz CT molecular complexity index is 1160. The Morgan fingerprint density at radius 1 is 1.10 bits per heavy atom. The predicted octanol–water partition coefficient (Wildman–Crippen LogP) is 4.70. The zero-order valence-corrected chi connectivity index (χ0v) is 16.4. The highest BCUT2D eigenvalue weighted by Gasteiger charge is 2.23. The Labute approximate surface area is 170 Å². The smallest absolute Gasteiger partial charge is 0.353 e. The van der Waals surface area contributed by atoms with E-state index in [4.69, 9.17) is 0 Å². The van der Waals surface area contributed by atoms with Gasteiger partial charge in [0.1, 0.15) is 6.33 Å². The molecule has 0 aliphatic carbocycles. The first kappa shape index (κ1) is 18.8. The highest BCUT2D eigenvalue weighted by atomic mass is 32.1. The summed E-state index contributed by atoms with van der Waals surface area (Å²) in [6.07, 6.45) is 2.08. The van der Waals surface area contributed by atoms with Gasteiger partial charge in [-0.15, -0.1) is 11.3 Å². The maximum atomic E-state index is 11.8. The number of nitro groups is 1. The molecule has 29 heavy (non-hydrogen) atoms. The maximum Gasteiger partial charge on any atom is 0.353 e. The van der Waals surface area contributed by atoms with E-state index in [1.54, 1.807) is 11.3 Å². The second-order valence-electron chi connectivity index (χ2n) is 6.38. The van der Waals surface area contributed by atoms with Crippen LogP contribution in [0.5, 0.6) is 0 Å². The van der Waals surface area contributed by atoms with Crippen LogP contribution in [0.25, 0.3) is 10.9 Å². The van der Waals surface area contributed by atoms with Gasteiger partial charge in [-0.25, -0.2) is 9.97 Å². The van der Waals surface area contributed by atoms with E-state index in [0.717, 1.165) is 23.0 Å². The number of benzene rings is 1. The van der Waals surface area contributed by atoms with Crippen LogP contribution in [-0.2, 0) is 6.42 Å². The van der Waals surface area contributed by atoms with Crippen LogP contribution in [0.3, 0.4) is 0 Å². The van der Waals surface area contributed by atoms with Gasteiger partial charge in [-0.2, -0.15) is 0 Å². The van der Waals surface area contributed by atoms with Crippen molar-refractivity contribution in [1.29, 1.82) is 0 Å². The highest BCUT2D eigenvalue weighted by molar-refractivity contribution is 7.09. The Kier molecular flexibility index (Phi) is 5.30. The number of aryl methyl sites for hydroxylation is 1. The van der Waals surface area contributed by atoms with Gasteiger partial charge in [0.15, 0.2) is 0 Å². The Hall–Kier alpha value is -3.59. The van der Waals surface area contributed by atoms with Crippen molar-refractivity contribution in [3.63, 3.8) is 0 Å².